The van der Waals surface area contributed by atoms with E-state index >= 15 is 0 Å². The van der Waals surface area contributed by atoms with Crippen molar-refractivity contribution in [2.75, 3.05) is 4.90 Å². The van der Waals surface area contributed by atoms with E-state index in [0.29, 0.717) is 43.7 Å². The van der Waals surface area contributed by atoms with Gasteiger partial charge in [0, 0.05) is 0 Å². The largest absolute Gasteiger partial charge is 0.481 e. The first-order valence-corrected chi connectivity index (χ1v) is 11.4. The van der Waals surface area contributed by atoms with Crippen LogP contribution in [0.25, 0.3) is 6.08 Å². The Labute approximate surface area is 204 Å². The van der Waals surface area contributed by atoms with Gasteiger partial charge in [-0.2, -0.15) is 0 Å². The number of benzene rings is 3. The summed E-state index contributed by atoms with van der Waals surface area (Å²) >= 11 is 1.16. The van der Waals surface area contributed by atoms with E-state index in [1.807, 2.05) is 0 Å². The van der Waals surface area contributed by atoms with Gasteiger partial charge in [0.2, 0.25) is 0 Å². The molecule has 2 heterocycles. The Hall–Kier alpha value is -4.50. The van der Waals surface area contributed by atoms with E-state index in [1.165, 1.54) is 0 Å². The van der Waals surface area contributed by atoms with E-state index < -0.39 is 5.97 Å². The molecule has 0 spiro atoms. The van der Waals surface area contributed by atoms with Gasteiger partial charge < -0.3 is 10.4 Å². The average Bonchev–Trinajstić information content (AvgIpc) is 3.30. The molecular formula is C26H17N3O5S. The maximum absolute atomic E-state index is 12.8. The number of amides is 3. The number of nitrogens with zero attached hydrogens (tertiary/aromatic N) is 2. The smallest absolute Gasteiger partial charge is 0.307 e. The first kappa shape index (κ1) is 22.3. The topological polar surface area (TPSA) is 116 Å². The van der Waals surface area contributed by atoms with Gasteiger partial charge in [-0.1, -0.05) is 36.4 Å². The average molecular weight is 484 g/mol. The lowest BCUT2D eigenvalue weighted by Gasteiger charge is -2.14. The highest BCUT2D eigenvalue weighted by atomic mass is 32.2. The van der Waals surface area contributed by atoms with Crippen molar-refractivity contribution in [2.24, 2.45) is 4.99 Å². The summed E-state index contributed by atoms with van der Waals surface area (Å²) in [6, 6.07) is 20.3. The summed E-state index contributed by atoms with van der Waals surface area (Å²) in [4.78, 5) is 54.8. The van der Waals surface area contributed by atoms with Crippen LogP contribution in [0.5, 0.6) is 0 Å². The summed E-state index contributed by atoms with van der Waals surface area (Å²) < 4.78 is 0. The molecule has 1 saturated heterocycles. The number of carboxylic acid groups (broad SMARTS) is 1. The number of aliphatic imine (C=N–C) groups is 1. The van der Waals surface area contributed by atoms with E-state index in [-0.39, 0.29) is 24.1 Å². The SMILES string of the molecule is O=C(O)Cc1ccc(N=C2NC(=O)C(=Cc3cccc(N4C(=O)c5ccccc5C4=O)c3)S2)cc1. The van der Waals surface area contributed by atoms with Crippen molar-refractivity contribution >= 4 is 58.1 Å². The fourth-order valence-corrected chi connectivity index (χ4v) is 4.63. The number of nitrogens with one attached hydrogen (secondary N) is 1. The van der Waals surface area contributed by atoms with Crippen LogP contribution in [0.3, 0.4) is 0 Å². The Morgan fingerprint density at radius 1 is 0.943 bits per heavy atom. The number of carbonyl (C=O) groups is 4. The third-order valence-corrected chi connectivity index (χ3v) is 6.30. The highest BCUT2D eigenvalue weighted by Gasteiger charge is 2.36. The Bertz CT molecular complexity index is 1420. The molecule has 3 amide bonds. The van der Waals surface area contributed by atoms with E-state index in [4.69, 9.17) is 5.11 Å². The number of hydrogen-bond donors (Lipinski definition) is 2. The molecule has 2 aliphatic rings. The van der Waals surface area contributed by atoms with Gasteiger partial charge in [-0.05, 0) is 65.4 Å². The van der Waals surface area contributed by atoms with Crippen molar-refractivity contribution in [3.63, 3.8) is 0 Å². The van der Waals surface area contributed by atoms with E-state index in [2.05, 4.69) is 10.3 Å². The molecule has 8 nitrogen and oxygen atoms in total. The minimum absolute atomic E-state index is 0.0744. The molecule has 5 rings (SSSR count). The van der Waals surface area contributed by atoms with Crippen molar-refractivity contribution in [3.8, 4) is 0 Å². The van der Waals surface area contributed by atoms with Crippen LogP contribution in [0.15, 0.2) is 82.7 Å². The van der Waals surface area contributed by atoms with Crippen molar-refractivity contribution in [3.05, 3.63) is 100.0 Å². The minimum Gasteiger partial charge on any atom is -0.481 e. The molecule has 2 aliphatic heterocycles. The fraction of sp³-hybridized carbons (Fsp3) is 0.0385. The monoisotopic (exact) mass is 483 g/mol. The van der Waals surface area contributed by atoms with Crippen LogP contribution >= 0.6 is 11.8 Å². The zero-order valence-electron chi connectivity index (χ0n) is 18.1. The maximum Gasteiger partial charge on any atom is 0.307 e. The molecule has 1 fully saturated rings. The highest BCUT2D eigenvalue weighted by Crippen LogP contribution is 2.31. The summed E-state index contributed by atoms with van der Waals surface area (Å²) in [5, 5.41) is 12.0. The second-order valence-electron chi connectivity index (χ2n) is 7.80. The van der Waals surface area contributed by atoms with Gasteiger partial charge in [0.05, 0.1) is 33.8 Å². The van der Waals surface area contributed by atoms with Gasteiger partial charge in [0.25, 0.3) is 17.7 Å². The Kier molecular flexibility index (Phi) is 5.76. The number of carboxylic acids is 1. The van der Waals surface area contributed by atoms with E-state index in [1.54, 1.807) is 78.9 Å². The third-order valence-electron chi connectivity index (χ3n) is 5.39. The van der Waals surface area contributed by atoms with Crippen LogP contribution in [-0.4, -0.2) is 34.0 Å². The maximum atomic E-state index is 12.8. The van der Waals surface area contributed by atoms with Gasteiger partial charge in [0.1, 0.15) is 0 Å². The predicted octanol–water partition coefficient (Wildman–Crippen LogP) is 4.01. The summed E-state index contributed by atoms with van der Waals surface area (Å²) in [6.45, 7) is 0. The Balaban J connectivity index is 1.35. The van der Waals surface area contributed by atoms with Crippen LogP contribution < -0.4 is 10.2 Å². The third kappa shape index (κ3) is 4.49. The summed E-state index contributed by atoms with van der Waals surface area (Å²) in [7, 11) is 0. The second kappa shape index (κ2) is 9.03. The van der Waals surface area contributed by atoms with Crippen molar-refractivity contribution < 1.29 is 24.3 Å². The molecule has 3 aromatic rings. The summed E-state index contributed by atoms with van der Waals surface area (Å²) in [5.74, 6) is -1.99. The van der Waals surface area contributed by atoms with E-state index in [0.717, 1.165) is 16.7 Å². The molecule has 0 saturated carbocycles. The number of thioether (sulfide) groups is 1. The number of fused-ring (bicyclic) bond motifs is 1. The number of rotatable bonds is 5. The molecular weight excluding hydrogens is 466 g/mol. The summed E-state index contributed by atoms with van der Waals surface area (Å²) in [5.41, 5.74) is 3.03. The molecule has 9 heteroatoms. The lowest BCUT2D eigenvalue weighted by atomic mass is 10.1. The van der Waals surface area contributed by atoms with Gasteiger partial charge >= 0.3 is 5.97 Å². The number of amidine groups is 1. The first-order valence-electron chi connectivity index (χ1n) is 10.6. The quantitative estimate of drug-likeness (QED) is 0.419. The lowest BCUT2D eigenvalue weighted by molar-refractivity contribution is -0.136. The zero-order chi connectivity index (χ0) is 24.5. The van der Waals surface area contributed by atoms with Gasteiger partial charge in [-0.15, -0.1) is 0 Å². The number of carbonyl (C=O) groups excluding carboxylic acids is 3. The molecule has 0 aliphatic carbocycles. The molecule has 172 valence electrons. The normalized spacial score (nSPS) is 17.3. The van der Waals surface area contributed by atoms with Crippen LogP contribution in [0.4, 0.5) is 11.4 Å². The molecule has 0 unspecified atom stereocenters. The zero-order valence-corrected chi connectivity index (χ0v) is 18.9. The predicted molar refractivity (Wildman–Crippen MR) is 133 cm³/mol. The van der Waals surface area contributed by atoms with Crippen molar-refractivity contribution in [2.45, 2.75) is 6.42 Å². The van der Waals surface area contributed by atoms with Crippen molar-refractivity contribution in [1.29, 1.82) is 0 Å². The minimum atomic E-state index is -0.912. The lowest BCUT2D eigenvalue weighted by Crippen LogP contribution is -2.29. The molecule has 35 heavy (non-hydrogen) atoms. The van der Waals surface area contributed by atoms with Crippen molar-refractivity contribution in [1.82, 2.24) is 5.32 Å². The number of imide groups is 1. The van der Waals surface area contributed by atoms with Gasteiger partial charge in [-0.3, -0.25) is 19.2 Å². The first-order chi connectivity index (χ1) is 16.9. The van der Waals surface area contributed by atoms with E-state index in [9.17, 15) is 19.2 Å². The second-order valence-corrected chi connectivity index (χ2v) is 8.84. The summed E-state index contributed by atoms with van der Waals surface area (Å²) in [6.07, 6.45) is 1.59. The van der Waals surface area contributed by atoms with Gasteiger partial charge in [-0.25, -0.2) is 9.89 Å². The number of hydrogen-bond acceptors (Lipinski definition) is 6. The molecule has 2 N–H and O–H groups in total. The Morgan fingerprint density at radius 3 is 2.29 bits per heavy atom. The molecule has 3 aromatic carbocycles. The number of aliphatic carboxylic acids is 1. The standard InChI is InChI=1S/C26H17N3O5S/c30-22(31)14-15-8-10-17(11-9-15)27-26-28-23(32)21(35-26)13-16-4-3-5-18(12-16)29-24(33)19-6-1-2-7-20(19)25(29)34/h1-13H,14H2,(H,30,31)(H,27,28,32). The highest BCUT2D eigenvalue weighted by molar-refractivity contribution is 8.18. The molecule has 0 radical (unpaired) electrons. The molecule has 0 atom stereocenters. The van der Waals surface area contributed by atoms with Crippen LogP contribution in [0.2, 0.25) is 0 Å². The van der Waals surface area contributed by atoms with Crippen LogP contribution in [-0.2, 0) is 16.0 Å². The van der Waals surface area contributed by atoms with Crippen LogP contribution in [0.1, 0.15) is 31.8 Å². The van der Waals surface area contributed by atoms with Crippen LogP contribution in [0, 0.1) is 0 Å². The van der Waals surface area contributed by atoms with Gasteiger partial charge in [0.15, 0.2) is 5.17 Å². The number of anilines is 1. The Morgan fingerprint density at radius 2 is 1.63 bits per heavy atom. The molecule has 0 bridgehead atoms. The fourth-order valence-electron chi connectivity index (χ4n) is 3.79. The molecule has 0 aromatic heterocycles.